The normalized spacial score (nSPS) is 11.7. The number of amides is 2. The van der Waals surface area contributed by atoms with E-state index in [1.807, 2.05) is 0 Å². The number of rotatable bonds is 3. The third kappa shape index (κ3) is 5.24. The van der Waals surface area contributed by atoms with Crippen LogP contribution in [-0.2, 0) is 25.8 Å². The van der Waals surface area contributed by atoms with Crippen LogP contribution in [0.25, 0.3) is 0 Å². The Morgan fingerprint density at radius 1 is 1.04 bits per heavy atom. The van der Waals surface area contributed by atoms with Crippen LogP contribution >= 0.6 is 0 Å². The summed E-state index contributed by atoms with van der Waals surface area (Å²) >= 11 is 0. The summed E-state index contributed by atoms with van der Waals surface area (Å²) in [6, 6.07) is 5.73. The zero-order chi connectivity index (χ0) is 20.4. The maximum Gasteiger partial charge on any atom is 0.433 e. The van der Waals surface area contributed by atoms with Gasteiger partial charge in [0.2, 0.25) is 10.0 Å². The number of anilines is 2. The van der Waals surface area contributed by atoms with Crippen molar-refractivity contribution in [3.05, 3.63) is 47.8 Å². The molecule has 0 bridgehead atoms. The highest BCUT2D eigenvalue weighted by atomic mass is 32.2. The fourth-order valence-corrected chi connectivity index (χ4v) is 2.56. The molecule has 1 heterocycles. The van der Waals surface area contributed by atoms with Crippen molar-refractivity contribution >= 4 is 33.2 Å². The molecule has 2 amide bonds. The van der Waals surface area contributed by atoms with Gasteiger partial charge in [0.1, 0.15) is 5.69 Å². The fraction of sp³-hybridized carbons (Fsp3) is 0.133. The number of benzene rings is 1. The molecule has 0 aliphatic heterocycles. The van der Waals surface area contributed by atoms with E-state index >= 15 is 0 Å². The van der Waals surface area contributed by atoms with E-state index in [0.717, 1.165) is 24.4 Å². The number of aromatic nitrogens is 1. The Morgan fingerprint density at radius 2 is 1.56 bits per heavy atom. The molecule has 8 nitrogen and oxygen atoms in total. The summed E-state index contributed by atoms with van der Waals surface area (Å²) in [4.78, 5) is 26.7. The maximum atomic E-state index is 12.7. The first-order valence-corrected chi connectivity index (χ1v) is 8.71. The molecule has 0 saturated carbocycles. The summed E-state index contributed by atoms with van der Waals surface area (Å²) in [5.74, 6) is -2.26. The van der Waals surface area contributed by atoms with Gasteiger partial charge < -0.3 is 10.6 Å². The van der Waals surface area contributed by atoms with Gasteiger partial charge in [0, 0.05) is 5.69 Å². The fourth-order valence-electron chi connectivity index (χ4n) is 2.04. The SMILES string of the molecule is Cc1cc(NC(=O)C(=O)Nc2ccc(S(N)(=O)=O)cc2)cnc1C(F)(F)F. The Balaban J connectivity index is 2.06. The van der Waals surface area contributed by atoms with Gasteiger partial charge in [-0.1, -0.05) is 0 Å². The van der Waals surface area contributed by atoms with Gasteiger partial charge in [-0.15, -0.1) is 0 Å². The number of pyridine rings is 1. The zero-order valence-electron chi connectivity index (χ0n) is 13.7. The van der Waals surface area contributed by atoms with Crippen molar-refractivity contribution in [1.29, 1.82) is 0 Å². The zero-order valence-corrected chi connectivity index (χ0v) is 14.5. The highest BCUT2D eigenvalue weighted by molar-refractivity contribution is 7.89. The van der Waals surface area contributed by atoms with E-state index in [1.165, 1.54) is 19.1 Å². The van der Waals surface area contributed by atoms with E-state index in [9.17, 15) is 31.2 Å². The number of sulfonamides is 1. The molecule has 2 rings (SSSR count). The van der Waals surface area contributed by atoms with E-state index in [4.69, 9.17) is 5.14 Å². The standard InChI is InChI=1S/C15H13F3N4O4S/c1-8-6-10(7-20-12(8)15(16,17)18)22-14(24)13(23)21-9-2-4-11(5-3-9)27(19,25)26/h2-7H,1H3,(H,21,23)(H,22,24)(H2,19,25,26). The lowest BCUT2D eigenvalue weighted by Crippen LogP contribution is -2.29. The number of hydrogen-bond donors (Lipinski definition) is 3. The van der Waals surface area contributed by atoms with Gasteiger partial charge in [0.05, 0.1) is 16.8 Å². The van der Waals surface area contributed by atoms with E-state index in [0.29, 0.717) is 0 Å². The molecule has 4 N–H and O–H groups in total. The van der Waals surface area contributed by atoms with Crippen LogP contribution in [0.4, 0.5) is 24.5 Å². The van der Waals surface area contributed by atoms with Crippen LogP contribution < -0.4 is 15.8 Å². The van der Waals surface area contributed by atoms with E-state index < -0.39 is 33.7 Å². The number of hydrogen-bond acceptors (Lipinski definition) is 5. The monoisotopic (exact) mass is 402 g/mol. The third-order valence-electron chi connectivity index (χ3n) is 3.25. The van der Waals surface area contributed by atoms with Crippen LogP contribution in [0.3, 0.4) is 0 Å². The first kappa shape index (κ1) is 20.3. The second kappa shape index (κ2) is 7.32. The van der Waals surface area contributed by atoms with Crippen LogP contribution in [0, 0.1) is 6.92 Å². The predicted octanol–water partition coefficient (Wildman–Crippen LogP) is 1.63. The minimum atomic E-state index is -4.63. The Hall–Kier alpha value is -2.99. The second-order valence-electron chi connectivity index (χ2n) is 5.36. The lowest BCUT2D eigenvalue weighted by molar-refractivity contribution is -0.141. The van der Waals surface area contributed by atoms with Gasteiger partial charge in [-0.25, -0.2) is 18.5 Å². The Bertz CT molecular complexity index is 989. The lowest BCUT2D eigenvalue weighted by Gasteiger charge is -2.11. The molecule has 0 aliphatic rings. The van der Waals surface area contributed by atoms with E-state index in [1.54, 1.807) is 0 Å². The summed E-state index contributed by atoms with van der Waals surface area (Å²) < 4.78 is 60.3. The highest BCUT2D eigenvalue weighted by Gasteiger charge is 2.34. The van der Waals surface area contributed by atoms with Gasteiger partial charge in [-0.05, 0) is 42.8 Å². The smallest absolute Gasteiger partial charge is 0.318 e. The maximum absolute atomic E-state index is 12.7. The first-order valence-electron chi connectivity index (χ1n) is 7.17. The average Bonchev–Trinajstić information content (AvgIpc) is 2.53. The van der Waals surface area contributed by atoms with Gasteiger partial charge in [-0.3, -0.25) is 9.59 Å². The number of nitrogens with two attached hydrogens (primary N) is 1. The summed E-state index contributed by atoms with van der Waals surface area (Å²) in [5.41, 5.74) is -1.30. The van der Waals surface area contributed by atoms with Crippen molar-refractivity contribution in [3.63, 3.8) is 0 Å². The molecule has 0 spiro atoms. The van der Waals surface area contributed by atoms with E-state index in [-0.39, 0.29) is 21.8 Å². The third-order valence-corrected chi connectivity index (χ3v) is 4.18. The summed E-state index contributed by atoms with van der Waals surface area (Å²) in [7, 11) is -3.90. The van der Waals surface area contributed by atoms with Gasteiger partial charge in [0.25, 0.3) is 0 Å². The Kier molecular flexibility index (Phi) is 5.51. The number of carbonyl (C=O) groups is 2. The van der Waals surface area contributed by atoms with Crippen molar-refractivity contribution in [3.8, 4) is 0 Å². The molecule has 0 aliphatic carbocycles. The summed E-state index contributed by atoms with van der Waals surface area (Å²) in [5, 5.41) is 9.26. The molecular weight excluding hydrogens is 389 g/mol. The quantitative estimate of drug-likeness (QED) is 0.672. The highest BCUT2D eigenvalue weighted by Crippen LogP contribution is 2.30. The molecule has 1 aromatic heterocycles. The number of nitrogens with one attached hydrogen (secondary N) is 2. The molecule has 144 valence electrons. The van der Waals surface area contributed by atoms with Crippen LogP contribution in [0.5, 0.6) is 0 Å². The number of halogens is 3. The largest absolute Gasteiger partial charge is 0.433 e. The minimum absolute atomic E-state index is 0.0924. The lowest BCUT2D eigenvalue weighted by atomic mass is 10.2. The summed E-state index contributed by atoms with van der Waals surface area (Å²) in [6.45, 7) is 1.17. The Labute approximate surface area is 151 Å². The van der Waals surface area contributed by atoms with Gasteiger partial charge in [-0.2, -0.15) is 13.2 Å². The number of alkyl halides is 3. The van der Waals surface area contributed by atoms with Gasteiger partial charge in [0.15, 0.2) is 0 Å². The van der Waals surface area contributed by atoms with Crippen molar-refractivity contribution < 1.29 is 31.2 Å². The molecule has 0 unspecified atom stereocenters. The number of carbonyl (C=O) groups excluding carboxylic acids is 2. The minimum Gasteiger partial charge on any atom is -0.318 e. The van der Waals surface area contributed by atoms with Crippen LogP contribution in [0.1, 0.15) is 11.3 Å². The molecule has 1 aromatic carbocycles. The topological polar surface area (TPSA) is 131 Å². The number of nitrogens with zero attached hydrogens (tertiary/aromatic N) is 1. The second-order valence-corrected chi connectivity index (χ2v) is 6.93. The first-order chi connectivity index (χ1) is 12.4. The number of aryl methyl sites for hydroxylation is 1. The Morgan fingerprint density at radius 3 is 2.00 bits per heavy atom. The van der Waals surface area contributed by atoms with Crippen molar-refractivity contribution in [2.45, 2.75) is 18.0 Å². The molecule has 12 heteroatoms. The molecule has 0 fully saturated rings. The molecule has 27 heavy (non-hydrogen) atoms. The van der Waals surface area contributed by atoms with Crippen molar-refractivity contribution in [2.75, 3.05) is 10.6 Å². The summed E-state index contributed by atoms with van der Waals surface area (Å²) in [6.07, 6.45) is -3.85. The molecule has 0 atom stereocenters. The van der Waals surface area contributed by atoms with E-state index in [2.05, 4.69) is 15.6 Å². The van der Waals surface area contributed by atoms with Crippen molar-refractivity contribution in [1.82, 2.24) is 4.98 Å². The molecule has 2 aromatic rings. The van der Waals surface area contributed by atoms with Crippen LogP contribution in [0.15, 0.2) is 41.4 Å². The molecule has 0 radical (unpaired) electrons. The van der Waals surface area contributed by atoms with Crippen LogP contribution in [0.2, 0.25) is 0 Å². The van der Waals surface area contributed by atoms with Crippen molar-refractivity contribution in [2.24, 2.45) is 5.14 Å². The average molecular weight is 402 g/mol. The predicted molar refractivity (Wildman–Crippen MR) is 89.1 cm³/mol. The van der Waals surface area contributed by atoms with Crippen LogP contribution in [-0.4, -0.2) is 25.2 Å². The molecular formula is C15H13F3N4O4S. The van der Waals surface area contributed by atoms with Gasteiger partial charge >= 0.3 is 18.0 Å². The number of primary sulfonamides is 1. The molecule has 0 saturated heterocycles.